The second-order valence-corrected chi connectivity index (χ2v) is 3.82. The molecular weight excluding hydrogens is 210 g/mol. The number of pyridine rings is 1. The van der Waals surface area contributed by atoms with Crippen molar-refractivity contribution in [2.75, 3.05) is 23.7 Å². The van der Waals surface area contributed by atoms with Gasteiger partial charge in [0.25, 0.3) is 0 Å². The molecule has 0 aromatic carbocycles. The van der Waals surface area contributed by atoms with E-state index in [2.05, 4.69) is 4.98 Å². The van der Waals surface area contributed by atoms with Gasteiger partial charge in [0, 0.05) is 13.1 Å². The number of nitrogens with zero attached hydrogens (tertiary/aromatic N) is 2. The highest BCUT2D eigenvalue weighted by Gasteiger charge is 2.22. The lowest BCUT2D eigenvalue weighted by Crippen LogP contribution is -2.22. The predicted octanol–water partition coefficient (Wildman–Crippen LogP) is -0.0670. The normalized spacial score (nSPS) is 20.1. The van der Waals surface area contributed by atoms with Gasteiger partial charge in [0.15, 0.2) is 0 Å². The Morgan fingerprint density at radius 2 is 2.38 bits per heavy atom. The molecule has 2 heterocycles. The predicted molar refractivity (Wildman–Crippen MR) is 58.4 cm³/mol. The first kappa shape index (κ1) is 10.7. The summed E-state index contributed by atoms with van der Waals surface area (Å²) in [6.07, 6.45) is 1.64. The van der Waals surface area contributed by atoms with Crippen LogP contribution in [-0.2, 0) is 0 Å². The van der Waals surface area contributed by atoms with Gasteiger partial charge in [0.1, 0.15) is 5.82 Å². The number of β-amino-alcohol motifs (C(OH)–C–C–N with tert-alkyl or cyclic N) is 1. The summed E-state index contributed by atoms with van der Waals surface area (Å²) < 4.78 is 0. The van der Waals surface area contributed by atoms with Gasteiger partial charge in [0.2, 0.25) is 0 Å². The van der Waals surface area contributed by atoms with Crippen molar-refractivity contribution < 1.29 is 15.0 Å². The van der Waals surface area contributed by atoms with Gasteiger partial charge in [-0.1, -0.05) is 0 Å². The maximum atomic E-state index is 10.9. The van der Waals surface area contributed by atoms with Crippen LogP contribution in [0.15, 0.2) is 12.3 Å². The van der Waals surface area contributed by atoms with E-state index in [4.69, 9.17) is 10.8 Å². The molecule has 1 aromatic rings. The number of carboxylic acid groups (broad SMARTS) is 1. The number of carbonyl (C=O) groups is 1. The fourth-order valence-corrected chi connectivity index (χ4v) is 1.76. The summed E-state index contributed by atoms with van der Waals surface area (Å²) in [5, 5.41) is 18.3. The SMILES string of the molecule is Nc1cnc(N2CCC(O)C2)cc1C(=O)O. The Morgan fingerprint density at radius 1 is 1.62 bits per heavy atom. The number of aliphatic hydroxyl groups excluding tert-OH is 1. The number of hydrogen-bond acceptors (Lipinski definition) is 5. The molecule has 86 valence electrons. The van der Waals surface area contributed by atoms with Crippen LogP contribution in [0.5, 0.6) is 0 Å². The quantitative estimate of drug-likeness (QED) is 0.649. The van der Waals surface area contributed by atoms with Crippen LogP contribution >= 0.6 is 0 Å². The van der Waals surface area contributed by atoms with Gasteiger partial charge < -0.3 is 20.8 Å². The molecule has 0 radical (unpaired) electrons. The average molecular weight is 223 g/mol. The number of aliphatic hydroxyl groups is 1. The Morgan fingerprint density at radius 3 is 2.94 bits per heavy atom. The molecule has 1 fully saturated rings. The van der Waals surface area contributed by atoms with E-state index in [1.807, 2.05) is 4.90 Å². The third-order valence-electron chi connectivity index (χ3n) is 2.64. The molecule has 1 atom stereocenters. The minimum absolute atomic E-state index is 0.0476. The Hall–Kier alpha value is -1.82. The van der Waals surface area contributed by atoms with E-state index in [1.165, 1.54) is 12.3 Å². The summed E-state index contributed by atoms with van der Waals surface area (Å²) in [7, 11) is 0. The summed E-state index contributed by atoms with van der Waals surface area (Å²) >= 11 is 0. The van der Waals surface area contributed by atoms with Crippen molar-refractivity contribution >= 4 is 17.5 Å². The molecule has 4 N–H and O–H groups in total. The molecule has 1 aromatic heterocycles. The maximum Gasteiger partial charge on any atom is 0.337 e. The first-order valence-corrected chi connectivity index (χ1v) is 4.99. The van der Waals surface area contributed by atoms with Crippen molar-refractivity contribution in [2.24, 2.45) is 0 Å². The van der Waals surface area contributed by atoms with Crippen LogP contribution in [0.25, 0.3) is 0 Å². The second kappa shape index (κ2) is 3.97. The third-order valence-corrected chi connectivity index (χ3v) is 2.64. The van der Waals surface area contributed by atoms with E-state index in [9.17, 15) is 9.90 Å². The third kappa shape index (κ3) is 1.92. The van der Waals surface area contributed by atoms with Crippen LogP contribution < -0.4 is 10.6 Å². The number of hydrogen-bond donors (Lipinski definition) is 3. The fraction of sp³-hybridized carbons (Fsp3) is 0.400. The zero-order chi connectivity index (χ0) is 11.7. The molecule has 1 aliphatic rings. The van der Waals surface area contributed by atoms with Gasteiger partial charge in [0.05, 0.1) is 23.6 Å². The molecule has 0 bridgehead atoms. The monoisotopic (exact) mass is 223 g/mol. The number of aromatic carboxylic acids is 1. The highest BCUT2D eigenvalue weighted by molar-refractivity contribution is 5.94. The number of nitrogen functional groups attached to an aromatic ring is 1. The summed E-state index contributed by atoms with van der Waals surface area (Å²) in [5.74, 6) is -0.524. The maximum absolute atomic E-state index is 10.9. The Balaban J connectivity index is 2.29. The summed E-state index contributed by atoms with van der Waals surface area (Å²) in [4.78, 5) is 16.8. The lowest BCUT2D eigenvalue weighted by atomic mass is 10.2. The van der Waals surface area contributed by atoms with Crippen LogP contribution in [0.3, 0.4) is 0 Å². The van der Waals surface area contributed by atoms with Crippen molar-refractivity contribution in [3.8, 4) is 0 Å². The molecule has 0 aliphatic carbocycles. The number of aromatic nitrogens is 1. The number of nitrogens with two attached hydrogens (primary N) is 1. The van der Waals surface area contributed by atoms with Crippen LogP contribution in [0.4, 0.5) is 11.5 Å². The average Bonchev–Trinajstić information content (AvgIpc) is 2.65. The Bertz CT molecular complexity index is 422. The molecule has 0 spiro atoms. The molecule has 0 amide bonds. The summed E-state index contributed by atoms with van der Waals surface area (Å²) in [6, 6.07) is 1.44. The molecule has 16 heavy (non-hydrogen) atoms. The molecule has 1 unspecified atom stereocenters. The molecule has 2 rings (SSSR count). The number of rotatable bonds is 2. The Labute approximate surface area is 92.3 Å². The molecule has 1 saturated heterocycles. The van der Waals surface area contributed by atoms with Gasteiger partial charge in [-0.25, -0.2) is 9.78 Å². The molecule has 0 saturated carbocycles. The standard InChI is InChI=1S/C10H13N3O3/c11-8-4-12-9(3-7(8)10(15)16)13-2-1-6(14)5-13/h3-4,6,14H,1-2,5,11H2,(H,15,16). The fourth-order valence-electron chi connectivity index (χ4n) is 1.76. The van der Waals surface area contributed by atoms with Crippen molar-refractivity contribution in [3.63, 3.8) is 0 Å². The largest absolute Gasteiger partial charge is 0.478 e. The molecule has 6 nitrogen and oxygen atoms in total. The number of carboxylic acids is 1. The summed E-state index contributed by atoms with van der Waals surface area (Å²) in [5.41, 5.74) is 5.70. The van der Waals surface area contributed by atoms with Crippen LogP contribution in [0.2, 0.25) is 0 Å². The zero-order valence-corrected chi connectivity index (χ0v) is 8.63. The van der Waals surface area contributed by atoms with Gasteiger partial charge in [-0.3, -0.25) is 0 Å². The van der Waals surface area contributed by atoms with E-state index < -0.39 is 5.97 Å². The van der Waals surface area contributed by atoms with Crippen molar-refractivity contribution in [1.29, 1.82) is 0 Å². The van der Waals surface area contributed by atoms with E-state index in [0.29, 0.717) is 25.3 Å². The molecular formula is C10H13N3O3. The van der Waals surface area contributed by atoms with Crippen molar-refractivity contribution in [2.45, 2.75) is 12.5 Å². The lowest BCUT2D eigenvalue weighted by Gasteiger charge is -2.17. The van der Waals surface area contributed by atoms with Crippen LogP contribution in [-0.4, -0.2) is 40.4 Å². The first-order valence-electron chi connectivity index (χ1n) is 4.99. The smallest absolute Gasteiger partial charge is 0.337 e. The van der Waals surface area contributed by atoms with Crippen molar-refractivity contribution in [3.05, 3.63) is 17.8 Å². The highest BCUT2D eigenvalue weighted by atomic mass is 16.4. The topological polar surface area (TPSA) is 99.7 Å². The minimum atomic E-state index is -1.07. The van der Waals surface area contributed by atoms with Crippen molar-refractivity contribution in [1.82, 2.24) is 4.98 Å². The second-order valence-electron chi connectivity index (χ2n) is 3.82. The lowest BCUT2D eigenvalue weighted by molar-refractivity contribution is 0.0698. The minimum Gasteiger partial charge on any atom is -0.478 e. The first-order chi connectivity index (χ1) is 7.58. The van der Waals surface area contributed by atoms with Gasteiger partial charge >= 0.3 is 5.97 Å². The summed E-state index contributed by atoms with van der Waals surface area (Å²) in [6.45, 7) is 1.16. The number of anilines is 2. The van der Waals surface area contributed by atoms with E-state index in [-0.39, 0.29) is 17.4 Å². The van der Waals surface area contributed by atoms with E-state index in [1.54, 1.807) is 0 Å². The van der Waals surface area contributed by atoms with E-state index >= 15 is 0 Å². The zero-order valence-electron chi connectivity index (χ0n) is 8.63. The van der Waals surface area contributed by atoms with Gasteiger partial charge in [-0.15, -0.1) is 0 Å². The van der Waals surface area contributed by atoms with E-state index in [0.717, 1.165) is 0 Å². The highest BCUT2D eigenvalue weighted by Crippen LogP contribution is 2.21. The molecule has 6 heteroatoms. The van der Waals surface area contributed by atoms with Crippen LogP contribution in [0.1, 0.15) is 16.8 Å². The molecule has 1 aliphatic heterocycles. The van der Waals surface area contributed by atoms with Gasteiger partial charge in [-0.05, 0) is 12.5 Å². The van der Waals surface area contributed by atoms with Crippen LogP contribution in [0, 0.1) is 0 Å². The van der Waals surface area contributed by atoms with Gasteiger partial charge in [-0.2, -0.15) is 0 Å². The Kier molecular flexibility index (Phi) is 2.66.